The van der Waals surface area contributed by atoms with Crippen molar-refractivity contribution in [2.75, 3.05) is 12.4 Å². The molecule has 0 saturated heterocycles. The molecule has 0 bridgehead atoms. The third kappa shape index (κ3) is 3.68. The van der Waals surface area contributed by atoms with Gasteiger partial charge >= 0.3 is 0 Å². The van der Waals surface area contributed by atoms with Gasteiger partial charge in [0, 0.05) is 5.56 Å². The topological polar surface area (TPSA) is 80.2 Å². The van der Waals surface area contributed by atoms with Gasteiger partial charge < -0.3 is 15.2 Å². The minimum Gasteiger partial charge on any atom is -0.504 e. The Balaban J connectivity index is 1.91. The number of phenolic OH excluding ortho intramolecular Hbond substituents is 1. The van der Waals surface area contributed by atoms with Gasteiger partial charge in [-0.2, -0.15) is 0 Å². The lowest BCUT2D eigenvalue weighted by Gasteiger charge is -2.15. The second kappa shape index (κ2) is 7.17. The number of phenols is 1. The standard InChI is InChI=1S/C19H20N4O2/c1-12(14-7-5-4-6-8-14)20-19-21-18(13(2)22-23-19)15-9-10-16(24)17(11-15)25-3/h4-12,24H,1-3H3,(H,20,21,23)/t12-/m1/s1. The SMILES string of the molecule is COc1cc(-c2nc(N[C@H](C)c3ccccc3)nnc2C)ccc1O. The summed E-state index contributed by atoms with van der Waals surface area (Å²) in [6.07, 6.45) is 0. The average molecular weight is 336 g/mol. The molecule has 25 heavy (non-hydrogen) atoms. The molecule has 1 aromatic heterocycles. The highest BCUT2D eigenvalue weighted by atomic mass is 16.5. The maximum Gasteiger partial charge on any atom is 0.243 e. The smallest absolute Gasteiger partial charge is 0.243 e. The van der Waals surface area contributed by atoms with Crippen LogP contribution in [-0.2, 0) is 0 Å². The molecule has 128 valence electrons. The number of aryl methyl sites for hydroxylation is 1. The molecule has 0 fully saturated rings. The van der Waals surface area contributed by atoms with E-state index in [0.717, 1.165) is 11.1 Å². The summed E-state index contributed by atoms with van der Waals surface area (Å²) in [7, 11) is 1.51. The molecule has 1 atom stereocenters. The summed E-state index contributed by atoms with van der Waals surface area (Å²) in [5.41, 5.74) is 3.33. The summed E-state index contributed by atoms with van der Waals surface area (Å²) in [5.74, 6) is 0.925. The fraction of sp³-hybridized carbons (Fsp3) is 0.211. The third-order valence-electron chi connectivity index (χ3n) is 3.95. The van der Waals surface area contributed by atoms with Crippen LogP contribution in [0.25, 0.3) is 11.3 Å². The van der Waals surface area contributed by atoms with Crippen molar-refractivity contribution in [2.24, 2.45) is 0 Å². The number of nitrogens with zero attached hydrogens (tertiary/aromatic N) is 3. The van der Waals surface area contributed by atoms with E-state index in [0.29, 0.717) is 23.1 Å². The van der Waals surface area contributed by atoms with Gasteiger partial charge in [0.2, 0.25) is 5.95 Å². The molecule has 2 N–H and O–H groups in total. The van der Waals surface area contributed by atoms with E-state index in [9.17, 15) is 5.11 Å². The molecule has 3 rings (SSSR count). The average Bonchev–Trinajstić information content (AvgIpc) is 2.64. The summed E-state index contributed by atoms with van der Waals surface area (Å²) < 4.78 is 5.17. The van der Waals surface area contributed by atoms with Gasteiger partial charge in [-0.1, -0.05) is 30.3 Å². The van der Waals surface area contributed by atoms with Crippen LogP contribution in [0.5, 0.6) is 11.5 Å². The number of aromatic nitrogens is 3. The first-order chi connectivity index (χ1) is 12.1. The van der Waals surface area contributed by atoms with E-state index in [2.05, 4.69) is 20.5 Å². The molecule has 2 aromatic carbocycles. The number of nitrogens with one attached hydrogen (secondary N) is 1. The van der Waals surface area contributed by atoms with E-state index in [-0.39, 0.29) is 11.8 Å². The summed E-state index contributed by atoms with van der Waals surface area (Å²) in [5, 5.41) is 21.4. The Hall–Kier alpha value is -3.15. The number of benzene rings is 2. The highest BCUT2D eigenvalue weighted by Crippen LogP contribution is 2.31. The second-order valence-corrected chi connectivity index (χ2v) is 5.73. The Morgan fingerprint density at radius 3 is 2.56 bits per heavy atom. The molecular weight excluding hydrogens is 316 g/mol. The van der Waals surface area contributed by atoms with Crippen molar-refractivity contribution in [3.63, 3.8) is 0 Å². The van der Waals surface area contributed by atoms with Crippen LogP contribution in [0.1, 0.15) is 24.2 Å². The zero-order chi connectivity index (χ0) is 17.8. The van der Waals surface area contributed by atoms with Crippen molar-refractivity contribution < 1.29 is 9.84 Å². The van der Waals surface area contributed by atoms with Crippen LogP contribution >= 0.6 is 0 Å². The molecule has 0 aliphatic heterocycles. The Morgan fingerprint density at radius 2 is 1.84 bits per heavy atom. The predicted molar refractivity (Wildman–Crippen MR) is 96.7 cm³/mol. The van der Waals surface area contributed by atoms with Crippen molar-refractivity contribution in [1.82, 2.24) is 15.2 Å². The fourth-order valence-electron chi connectivity index (χ4n) is 2.56. The van der Waals surface area contributed by atoms with E-state index in [1.165, 1.54) is 7.11 Å². The molecule has 0 amide bonds. The van der Waals surface area contributed by atoms with Gasteiger partial charge in [-0.05, 0) is 37.6 Å². The lowest BCUT2D eigenvalue weighted by Crippen LogP contribution is -2.11. The summed E-state index contributed by atoms with van der Waals surface area (Å²) in [4.78, 5) is 4.59. The number of aromatic hydroxyl groups is 1. The Labute approximate surface area is 146 Å². The van der Waals surface area contributed by atoms with Crippen LogP contribution in [0.2, 0.25) is 0 Å². The molecule has 0 unspecified atom stereocenters. The lowest BCUT2D eigenvalue weighted by atomic mass is 10.1. The molecule has 6 heteroatoms. The van der Waals surface area contributed by atoms with Crippen molar-refractivity contribution in [3.05, 3.63) is 59.8 Å². The van der Waals surface area contributed by atoms with E-state index >= 15 is 0 Å². The molecule has 1 heterocycles. The van der Waals surface area contributed by atoms with Gasteiger partial charge in [-0.25, -0.2) is 4.98 Å². The Bertz CT molecular complexity index is 869. The second-order valence-electron chi connectivity index (χ2n) is 5.73. The molecular formula is C19H20N4O2. The third-order valence-corrected chi connectivity index (χ3v) is 3.95. The molecule has 3 aromatic rings. The van der Waals surface area contributed by atoms with Gasteiger partial charge in [-0.3, -0.25) is 0 Å². The van der Waals surface area contributed by atoms with Gasteiger partial charge in [0.05, 0.1) is 24.5 Å². The van der Waals surface area contributed by atoms with Crippen LogP contribution in [0, 0.1) is 6.92 Å². The zero-order valence-electron chi connectivity index (χ0n) is 14.4. The highest BCUT2D eigenvalue weighted by Gasteiger charge is 2.13. The molecule has 6 nitrogen and oxygen atoms in total. The molecule has 0 aliphatic carbocycles. The van der Waals surface area contributed by atoms with Crippen molar-refractivity contribution in [3.8, 4) is 22.8 Å². The first kappa shape index (κ1) is 16.7. The molecule has 0 aliphatic rings. The van der Waals surface area contributed by atoms with Crippen molar-refractivity contribution >= 4 is 5.95 Å². The maximum atomic E-state index is 9.77. The van der Waals surface area contributed by atoms with E-state index in [1.54, 1.807) is 18.2 Å². The minimum atomic E-state index is 0.0490. The van der Waals surface area contributed by atoms with Gasteiger partial charge in [0.25, 0.3) is 0 Å². The van der Waals surface area contributed by atoms with Crippen LogP contribution in [0.3, 0.4) is 0 Å². The Kier molecular flexibility index (Phi) is 4.79. The van der Waals surface area contributed by atoms with Crippen molar-refractivity contribution in [2.45, 2.75) is 19.9 Å². The van der Waals surface area contributed by atoms with Crippen LogP contribution < -0.4 is 10.1 Å². The van der Waals surface area contributed by atoms with Crippen LogP contribution in [0.4, 0.5) is 5.95 Å². The Morgan fingerprint density at radius 1 is 1.08 bits per heavy atom. The quantitative estimate of drug-likeness (QED) is 0.739. The lowest BCUT2D eigenvalue weighted by molar-refractivity contribution is 0.373. The summed E-state index contributed by atoms with van der Waals surface area (Å²) >= 11 is 0. The van der Waals surface area contributed by atoms with Crippen LogP contribution in [-0.4, -0.2) is 27.4 Å². The largest absolute Gasteiger partial charge is 0.504 e. The monoisotopic (exact) mass is 336 g/mol. The van der Waals surface area contributed by atoms with Crippen molar-refractivity contribution in [1.29, 1.82) is 0 Å². The number of methoxy groups -OCH3 is 1. The van der Waals surface area contributed by atoms with Crippen LogP contribution in [0.15, 0.2) is 48.5 Å². The van der Waals surface area contributed by atoms with E-state index in [4.69, 9.17) is 4.74 Å². The number of hydrogen-bond acceptors (Lipinski definition) is 6. The summed E-state index contributed by atoms with van der Waals surface area (Å²) in [6.45, 7) is 3.89. The zero-order valence-corrected chi connectivity index (χ0v) is 14.4. The van der Waals surface area contributed by atoms with E-state index < -0.39 is 0 Å². The van der Waals surface area contributed by atoms with Gasteiger partial charge in [0.1, 0.15) is 0 Å². The molecule has 0 radical (unpaired) electrons. The maximum absolute atomic E-state index is 9.77. The number of anilines is 1. The first-order valence-electron chi connectivity index (χ1n) is 7.98. The molecule has 0 saturated carbocycles. The first-order valence-corrected chi connectivity index (χ1v) is 7.98. The summed E-state index contributed by atoms with van der Waals surface area (Å²) in [6, 6.07) is 15.2. The highest BCUT2D eigenvalue weighted by molar-refractivity contribution is 5.66. The normalized spacial score (nSPS) is 11.8. The molecule has 0 spiro atoms. The van der Waals surface area contributed by atoms with Gasteiger partial charge in [0.15, 0.2) is 11.5 Å². The minimum absolute atomic E-state index is 0.0490. The number of rotatable bonds is 5. The number of ether oxygens (including phenoxy) is 1. The van der Waals surface area contributed by atoms with E-state index in [1.807, 2.05) is 44.2 Å². The number of hydrogen-bond donors (Lipinski definition) is 2. The van der Waals surface area contributed by atoms with Gasteiger partial charge in [-0.15, -0.1) is 10.2 Å². The predicted octanol–water partition coefficient (Wildman–Crippen LogP) is 3.73. The fourth-order valence-corrected chi connectivity index (χ4v) is 2.56.